The van der Waals surface area contributed by atoms with Gasteiger partial charge in [0.25, 0.3) is 0 Å². The van der Waals surface area contributed by atoms with Crippen molar-refractivity contribution in [3.8, 4) is 0 Å². The first kappa shape index (κ1) is 8.85. The van der Waals surface area contributed by atoms with Crippen molar-refractivity contribution >= 4 is 11.8 Å². The van der Waals surface area contributed by atoms with E-state index in [0.29, 0.717) is 4.90 Å². The van der Waals surface area contributed by atoms with Gasteiger partial charge in [-0.3, -0.25) is 4.79 Å². The summed E-state index contributed by atoms with van der Waals surface area (Å²) in [5.74, 6) is 0. The lowest BCUT2D eigenvalue weighted by atomic mass is 10.5. The van der Waals surface area contributed by atoms with E-state index in [1.54, 1.807) is 23.6 Å². The highest BCUT2D eigenvalue weighted by Gasteiger charge is 1.91. The van der Waals surface area contributed by atoms with Crippen LogP contribution in [0.15, 0.2) is 57.7 Å². The fraction of sp³-hybridized carbons (Fsp3) is 0. The minimum atomic E-state index is 0.0245. The quantitative estimate of drug-likeness (QED) is 0.508. The van der Waals surface area contributed by atoms with E-state index in [2.05, 4.69) is 12.3 Å². The maximum absolute atomic E-state index is 11.2. The summed E-state index contributed by atoms with van der Waals surface area (Å²) in [6.07, 6.45) is 0. The maximum atomic E-state index is 11.2. The van der Waals surface area contributed by atoms with Gasteiger partial charge >= 0.3 is 0 Å². The van der Waals surface area contributed by atoms with Crippen molar-refractivity contribution in [2.45, 2.75) is 4.90 Å². The van der Waals surface area contributed by atoms with E-state index in [0.717, 1.165) is 0 Å². The summed E-state index contributed by atoms with van der Waals surface area (Å²) in [6, 6.07) is 8.70. The summed E-state index contributed by atoms with van der Waals surface area (Å²) in [7, 11) is 0. The van der Waals surface area contributed by atoms with Crippen molar-refractivity contribution in [3.63, 3.8) is 0 Å². The van der Waals surface area contributed by atoms with Crippen molar-refractivity contribution in [1.82, 2.24) is 0 Å². The third kappa shape index (κ3) is 2.42. The molecule has 0 aliphatic rings. The molecular formula is C10H8OS. The molecule has 0 saturated heterocycles. The van der Waals surface area contributed by atoms with Crippen LogP contribution in [-0.2, 0) is 0 Å². The molecule has 12 heavy (non-hydrogen) atoms. The van der Waals surface area contributed by atoms with Crippen LogP contribution in [0, 0.1) is 0 Å². The van der Waals surface area contributed by atoms with E-state index >= 15 is 0 Å². The number of hydrogen-bond donors (Lipinski definition) is 0. The number of rotatable bonds is 2. The van der Waals surface area contributed by atoms with E-state index in [-0.39, 0.29) is 5.43 Å². The van der Waals surface area contributed by atoms with Crippen LogP contribution in [0.4, 0.5) is 0 Å². The molecule has 1 aromatic carbocycles. The van der Waals surface area contributed by atoms with E-state index in [1.165, 1.54) is 11.8 Å². The molecule has 1 aromatic rings. The second-order valence-electron chi connectivity index (χ2n) is 2.08. The molecule has 0 unspecified atom stereocenters. The predicted molar refractivity (Wildman–Crippen MR) is 52.3 cm³/mol. The molecule has 0 heterocycles. The van der Waals surface area contributed by atoms with E-state index in [9.17, 15) is 4.79 Å². The minimum Gasteiger partial charge on any atom is -0.289 e. The summed E-state index contributed by atoms with van der Waals surface area (Å²) < 4.78 is 0. The molecule has 60 valence electrons. The number of hydrogen-bond acceptors (Lipinski definition) is 2. The van der Waals surface area contributed by atoms with Gasteiger partial charge in [0, 0.05) is 5.41 Å². The van der Waals surface area contributed by atoms with Crippen LogP contribution in [0.25, 0.3) is 0 Å². The standard InChI is InChI=1S/C10H8OS/c1-2-8-12-10-7-5-3-4-6-9(10)11/h3-8H,1H2. The summed E-state index contributed by atoms with van der Waals surface area (Å²) in [5.41, 5.74) is 2.63. The van der Waals surface area contributed by atoms with E-state index in [4.69, 9.17) is 0 Å². The van der Waals surface area contributed by atoms with Gasteiger partial charge in [0.05, 0.1) is 4.90 Å². The Balaban J connectivity index is 3.09. The Morgan fingerprint density at radius 1 is 1.33 bits per heavy atom. The first-order valence-corrected chi connectivity index (χ1v) is 4.33. The van der Waals surface area contributed by atoms with Crippen molar-refractivity contribution < 1.29 is 0 Å². The third-order valence-electron chi connectivity index (χ3n) is 1.23. The third-order valence-corrected chi connectivity index (χ3v) is 2.11. The fourth-order valence-electron chi connectivity index (χ4n) is 0.717. The van der Waals surface area contributed by atoms with Gasteiger partial charge in [-0.05, 0) is 12.1 Å². The molecule has 1 rings (SSSR count). The highest BCUT2D eigenvalue weighted by molar-refractivity contribution is 8.02. The van der Waals surface area contributed by atoms with Crippen LogP contribution in [0.3, 0.4) is 0 Å². The monoisotopic (exact) mass is 176 g/mol. The minimum absolute atomic E-state index is 0.0245. The second-order valence-corrected chi connectivity index (χ2v) is 2.99. The molecule has 0 bridgehead atoms. The molecular weight excluding hydrogens is 168 g/mol. The molecule has 2 heteroatoms. The molecule has 1 nitrogen and oxygen atoms in total. The number of thioether (sulfide) groups is 1. The van der Waals surface area contributed by atoms with Gasteiger partial charge in [-0.1, -0.05) is 36.5 Å². The summed E-state index contributed by atoms with van der Waals surface area (Å²) >= 11 is 1.33. The van der Waals surface area contributed by atoms with Gasteiger partial charge in [0.1, 0.15) is 0 Å². The van der Waals surface area contributed by atoms with Gasteiger partial charge < -0.3 is 0 Å². The lowest BCUT2D eigenvalue weighted by Crippen LogP contribution is -1.95. The van der Waals surface area contributed by atoms with Crippen LogP contribution in [0.2, 0.25) is 0 Å². The van der Waals surface area contributed by atoms with Crippen molar-refractivity contribution in [3.05, 3.63) is 58.3 Å². The van der Waals surface area contributed by atoms with Gasteiger partial charge in [-0.15, -0.1) is 5.73 Å². The highest BCUT2D eigenvalue weighted by Crippen LogP contribution is 2.12. The second kappa shape index (κ2) is 4.60. The summed E-state index contributed by atoms with van der Waals surface area (Å²) in [5, 5.41) is 1.66. The van der Waals surface area contributed by atoms with Crippen molar-refractivity contribution in [1.29, 1.82) is 0 Å². The predicted octanol–water partition coefficient (Wildman–Crippen LogP) is 2.44. The molecule has 0 radical (unpaired) electrons. The molecule has 0 saturated carbocycles. The Labute approximate surface area is 75.4 Å². The maximum Gasteiger partial charge on any atom is 0.192 e. The molecule has 0 aliphatic heterocycles. The summed E-state index contributed by atoms with van der Waals surface area (Å²) in [6.45, 7) is 3.42. The zero-order chi connectivity index (χ0) is 8.81. The normalized spacial score (nSPS) is 8.67. The Hall–Kier alpha value is -1.24. The Morgan fingerprint density at radius 2 is 2.08 bits per heavy atom. The summed E-state index contributed by atoms with van der Waals surface area (Å²) in [4.78, 5) is 11.9. The Kier molecular flexibility index (Phi) is 3.39. The largest absolute Gasteiger partial charge is 0.289 e. The lowest BCUT2D eigenvalue weighted by Gasteiger charge is -1.85. The smallest absolute Gasteiger partial charge is 0.192 e. The average molecular weight is 176 g/mol. The molecule has 0 atom stereocenters. The lowest BCUT2D eigenvalue weighted by molar-refractivity contribution is 1.42. The molecule has 0 aliphatic carbocycles. The van der Waals surface area contributed by atoms with Gasteiger partial charge in [-0.25, -0.2) is 0 Å². The van der Waals surface area contributed by atoms with Gasteiger partial charge in [0.2, 0.25) is 0 Å². The van der Waals surface area contributed by atoms with E-state index in [1.807, 2.05) is 12.1 Å². The van der Waals surface area contributed by atoms with Crippen LogP contribution in [0.5, 0.6) is 0 Å². The fourth-order valence-corrected chi connectivity index (χ4v) is 1.27. The molecule has 0 fully saturated rings. The molecule has 0 amide bonds. The molecule has 0 N–H and O–H groups in total. The first-order valence-electron chi connectivity index (χ1n) is 3.45. The van der Waals surface area contributed by atoms with E-state index < -0.39 is 0 Å². The average Bonchev–Trinajstić information content (AvgIpc) is 2.27. The highest BCUT2D eigenvalue weighted by atomic mass is 32.2. The zero-order valence-electron chi connectivity index (χ0n) is 6.49. The van der Waals surface area contributed by atoms with Gasteiger partial charge in [-0.2, -0.15) is 0 Å². The molecule has 0 aromatic heterocycles. The van der Waals surface area contributed by atoms with Crippen LogP contribution >= 0.6 is 11.8 Å². The SMILES string of the molecule is C=C=CSc1cccccc1=O. The first-order chi connectivity index (χ1) is 5.84. The Bertz CT molecular complexity index is 364. The van der Waals surface area contributed by atoms with Crippen LogP contribution in [-0.4, -0.2) is 0 Å². The van der Waals surface area contributed by atoms with Crippen LogP contribution in [0.1, 0.15) is 0 Å². The van der Waals surface area contributed by atoms with Gasteiger partial charge in [0.15, 0.2) is 5.43 Å². The zero-order valence-corrected chi connectivity index (χ0v) is 7.30. The molecule has 0 spiro atoms. The van der Waals surface area contributed by atoms with Crippen molar-refractivity contribution in [2.24, 2.45) is 0 Å². The topological polar surface area (TPSA) is 17.1 Å². The Morgan fingerprint density at radius 3 is 2.83 bits per heavy atom. The van der Waals surface area contributed by atoms with Crippen LogP contribution < -0.4 is 5.43 Å². The van der Waals surface area contributed by atoms with Crippen molar-refractivity contribution in [2.75, 3.05) is 0 Å².